The minimum Gasteiger partial charge on any atom is -0.465 e. The number of hydrogen-bond acceptors (Lipinski definition) is 6. The van der Waals surface area contributed by atoms with E-state index in [0.29, 0.717) is 5.56 Å². The maximum Gasteiger partial charge on any atom is 0.344 e. The van der Waals surface area contributed by atoms with E-state index in [1.807, 2.05) is 0 Å². The fraction of sp³-hybridized carbons (Fsp3) is 0.667. The van der Waals surface area contributed by atoms with Gasteiger partial charge in [0.1, 0.15) is 10.6 Å². The number of nitrogens with two attached hydrogens (primary N) is 1. The zero-order valence-electron chi connectivity index (χ0n) is 10.8. The molecular formula is C12H19N3O2S. The summed E-state index contributed by atoms with van der Waals surface area (Å²) in [4.78, 5) is 13.9. The molecule has 0 spiro atoms. The molecule has 0 bridgehead atoms. The van der Waals surface area contributed by atoms with Crippen molar-refractivity contribution in [2.24, 2.45) is 5.92 Å². The van der Waals surface area contributed by atoms with Crippen LogP contribution in [-0.2, 0) is 4.74 Å². The highest BCUT2D eigenvalue weighted by Crippen LogP contribution is 2.34. The van der Waals surface area contributed by atoms with Gasteiger partial charge < -0.3 is 15.4 Å². The molecule has 6 heteroatoms. The van der Waals surface area contributed by atoms with Crippen molar-refractivity contribution >= 4 is 28.3 Å². The maximum absolute atomic E-state index is 11.7. The van der Waals surface area contributed by atoms with Gasteiger partial charge in [-0.15, -0.1) is 0 Å². The van der Waals surface area contributed by atoms with Crippen LogP contribution in [0.3, 0.4) is 0 Å². The molecule has 1 fully saturated rings. The molecule has 0 saturated heterocycles. The first kappa shape index (κ1) is 13.1. The summed E-state index contributed by atoms with van der Waals surface area (Å²) >= 11 is 1.28. The summed E-state index contributed by atoms with van der Waals surface area (Å²) in [6.45, 7) is 3.90. The van der Waals surface area contributed by atoms with Crippen molar-refractivity contribution in [3.05, 3.63) is 5.56 Å². The molecule has 100 valence electrons. The number of aromatic nitrogens is 1. The summed E-state index contributed by atoms with van der Waals surface area (Å²) in [5, 5.41) is 0.841. The molecule has 0 radical (unpaired) electrons. The van der Waals surface area contributed by atoms with Crippen molar-refractivity contribution < 1.29 is 9.53 Å². The van der Waals surface area contributed by atoms with Gasteiger partial charge in [0.2, 0.25) is 0 Å². The number of ether oxygens (including phenoxy) is 1. The van der Waals surface area contributed by atoms with Crippen molar-refractivity contribution in [2.45, 2.75) is 26.2 Å². The minimum atomic E-state index is -0.400. The average molecular weight is 269 g/mol. The Kier molecular flexibility index (Phi) is 4.06. The summed E-state index contributed by atoms with van der Waals surface area (Å²) in [5.41, 5.74) is 6.18. The number of carbonyl (C=O) groups excluding carboxylic acids is 1. The fourth-order valence-corrected chi connectivity index (χ4v) is 3.02. The first-order valence-electron chi connectivity index (χ1n) is 6.25. The lowest BCUT2D eigenvalue weighted by Crippen LogP contribution is -2.32. The van der Waals surface area contributed by atoms with Crippen molar-refractivity contribution in [1.29, 1.82) is 0 Å². The van der Waals surface area contributed by atoms with Crippen molar-refractivity contribution in [2.75, 3.05) is 30.8 Å². The van der Waals surface area contributed by atoms with Crippen LogP contribution in [-0.4, -0.2) is 30.5 Å². The molecule has 18 heavy (non-hydrogen) atoms. The minimum absolute atomic E-state index is 0.272. The van der Waals surface area contributed by atoms with Gasteiger partial charge in [-0.3, -0.25) is 0 Å². The molecule has 1 aromatic rings. The van der Waals surface area contributed by atoms with Crippen LogP contribution in [0.4, 0.5) is 10.8 Å². The molecular weight excluding hydrogens is 250 g/mol. The highest BCUT2D eigenvalue weighted by atomic mass is 32.1. The predicted octanol–water partition coefficient (Wildman–Crippen LogP) is 2.14. The smallest absolute Gasteiger partial charge is 0.344 e. The number of esters is 1. The Bertz CT molecular complexity index is 429. The normalized spacial score (nSPS) is 15.2. The molecule has 1 heterocycles. The van der Waals surface area contributed by atoms with Crippen LogP contribution in [0.1, 0.15) is 36.5 Å². The van der Waals surface area contributed by atoms with E-state index in [1.54, 1.807) is 0 Å². The van der Waals surface area contributed by atoms with Gasteiger partial charge in [0, 0.05) is 13.1 Å². The van der Waals surface area contributed by atoms with Crippen molar-refractivity contribution in [3.8, 4) is 0 Å². The number of rotatable bonds is 5. The standard InChI is InChI=1S/C12H19N3O2S/c1-3-15(7-8-5-4-6-8)11-9(12(16)17-2)10(13)14-18-11/h8H,3-7H2,1-2H3,(H2,13,14). The van der Waals surface area contributed by atoms with E-state index in [-0.39, 0.29) is 5.82 Å². The van der Waals surface area contributed by atoms with E-state index in [4.69, 9.17) is 10.5 Å². The molecule has 0 unspecified atom stereocenters. The third kappa shape index (κ3) is 2.43. The lowest BCUT2D eigenvalue weighted by molar-refractivity contribution is 0.0603. The van der Waals surface area contributed by atoms with Crippen LogP contribution in [0.5, 0.6) is 0 Å². The molecule has 0 aliphatic heterocycles. The molecule has 1 saturated carbocycles. The Balaban J connectivity index is 2.21. The molecule has 0 aromatic carbocycles. The summed E-state index contributed by atoms with van der Waals surface area (Å²) in [5.74, 6) is 0.607. The Hall–Kier alpha value is -1.30. The maximum atomic E-state index is 11.7. The summed E-state index contributed by atoms with van der Waals surface area (Å²) < 4.78 is 8.86. The van der Waals surface area contributed by atoms with E-state index >= 15 is 0 Å². The van der Waals surface area contributed by atoms with Crippen LogP contribution in [0.2, 0.25) is 0 Å². The zero-order valence-corrected chi connectivity index (χ0v) is 11.6. The van der Waals surface area contributed by atoms with E-state index in [2.05, 4.69) is 16.2 Å². The second-order valence-electron chi connectivity index (χ2n) is 4.58. The van der Waals surface area contributed by atoms with Gasteiger partial charge in [0.25, 0.3) is 0 Å². The van der Waals surface area contributed by atoms with Gasteiger partial charge in [0.15, 0.2) is 5.82 Å². The van der Waals surface area contributed by atoms with Gasteiger partial charge in [-0.05, 0) is 37.2 Å². The number of hydrogen-bond donors (Lipinski definition) is 1. The molecule has 1 aliphatic carbocycles. The first-order chi connectivity index (χ1) is 8.67. The second kappa shape index (κ2) is 5.56. The third-order valence-corrected chi connectivity index (χ3v) is 4.39. The Morgan fingerprint density at radius 1 is 1.61 bits per heavy atom. The monoisotopic (exact) mass is 269 g/mol. The van der Waals surface area contributed by atoms with Gasteiger partial charge in [0.05, 0.1) is 7.11 Å². The third-order valence-electron chi connectivity index (χ3n) is 3.46. The quantitative estimate of drug-likeness (QED) is 0.829. The molecule has 2 rings (SSSR count). The second-order valence-corrected chi connectivity index (χ2v) is 5.33. The fourth-order valence-electron chi connectivity index (χ4n) is 2.15. The van der Waals surface area contributed by atoms with E-state index < -0.39 is 5.97 Å². The van der Waals surface area contributed by atoms with Crippen LogP contribution >= 0.6 is 11.5 Å². The van der Waals surface area contributed by atoms with Gasteiger partial charge in [-0.2, -0.15) is 4.37 Å². The number of methoxy groups -OCH3 is 1. The molecule has 0 atom stereocenters. The summed E-state index contributed by atoms with van der Waals surface area (Å²) in [6.07, 6.45) is 3.87. The van der Waals surface area contributed by atoms with Crippen molar-refractivity contribution in [3.63, 3.8) is 0 Å². The van der Waals surface area contributed by atoms with E-state index in [0.717, 1.165) is 24.0 Å². The number of anilines is 2. The van der Waals surface area contributed by atoms with Gasteiger partial charge in [-0.25, -0.2) is 4.79 Å². The largest absolute Gasteiger partial charge is 0.465 e. The highest BCUT2D eigenvalue weighted by Gasteiger charge is 2.26. The summed E-state index contributed by atoms with van der Waals surface area (Å²) in [6, 6.07) is 0. The van der Waals surface area contributed by atoms with Gasteiger partial charge in [-0.1, -0.05) is 6.42 Å². The lowest BCUT2D eigenvalue weighted by atomic mass is 9.85. The Morgan fingerprint density at radius 3 is 2.83 bits per heavy atom. The SMILES string of the molecule is CCN(CC1CCC1)c1snc(N)c1C(=O)OC. The predicted molar refractivity (Wildman–Crippen MR) is 73.1 cm³/mol. The Labute approximate surface area is 111 Å². The first-order valence-corrected chi connectivity index (χ1v) is 7.03. The number of carbonyl (C=O) groups is 1. The van der Waals surface area contributed by atoms with Gasteiger partial charge >= 0.3 is 5.97 Å². The molecule has 1 aromatic heterocycles. The average Bonchev–Trinajstić information content (AvgIpc) is 2.69. The molecule has 2 N–H and O–H groups in total. The van der Waals surface area contributed by atoms with Crippen molar-refractivity contribution in [1.82, 2.24) is 4.37 Å². The lowest BCUT2D eigenvalue weighted by Gasteiger charge is -2.32. The van der Waals surface area contributed by atoms with Crippen LogP contribution < -0.4 is 10.6 Å². The molecule has 0 amide bonds. The highest BCUT2D eigenvalue weighted by molar-refractivity contribution is 7.11. The summed E-state index contributed by atoms with van der Waals surface area (Å²) in [7, 11) is 1.37. The van der Waals surface area contributed by atoms with Crippen LogP contribution in [0.15, 0.2) is 0 Å². The van der Waals surface area contributed by atoms with E-state index in [9.17, 15) is 4.79 Å². The van der Waals surface area contributed by atoms with E-state index in [1.165, 1.54) is 37.9 Å². The number of nitrogen functional groups attached to an aromatic ring is 1. The van der Waals surface area contributed by atoms with Crippen LogP contribution in [0, 0.1) is 5.92 Å². The topological polar surface area (TPSA) is 68.5 Å². The zero-order chi connectivity index (χ0) is 13.1. The van der Waals surface area contributed by atoms with Crippen LogP contribution in [0.25, 0.3) is 0 Å². The molecule has 5 nitrogen and oxygen atoms in total. The molecule has 1 aliphatic rings. The number of nitrogens with zero attached hydrogens (tertiary/aromatic N) is 2. The Morgan fingerprint density at radius 2 is 2.33 bits per heavy atom.